The summed E-state index contributed by atoms with van der Waals surface area (Å²) >= 11 is 12.3. The van der Waals surface area contributed by atoms with E-state index < -0.39 is 17.8 Å². The van der Waals surface area contributed by atoms with Gasteiger partial charge in [0.05, 0.1) is 19.2 Å². The van der Waals surface area contributed by atoms with Gasteiger partial charge < -0.3 is 24.4 Å². The normalized spacial score (nSPS) is 11.3. The van der Waals surface area contributed by atoms with Gasteiger partial charge in [-0.3, -0.25) is 0 Å². The summed E-state index contributed by atoms with van der Waals surface area (Å²) in [6, 6.07) is 8.01. The van der Waals surface area contributed by atoms with Crippen LogP contribution in [-0.4, -0.2) is 41.1 Å². The van der Waals surface area contributed by atoms with E-state index in [4.69, 9.17) is 32.7 Å². The Morgan fingerprint density at radius 3 is 1.97 bits per heavy atom. The molecule has 0 spiro atoms. The molecule has 0 aliphatic carbocycles. The number of aromatic nitrogens is 3. The van der Waals surface area contributed by atoms with Crippen LogP contribution in [0.4, 0.5) is 4.39 Å². The molecule has 172 valence electrons. The number of fused-ring (bicyclic) bond motifs is 2. The molecule has 7 nitrogen and oxygen atoms in total. The zero-order valence-corrected chi connectivity index (χ0v) is 19.3. The van der Waals surface area contributed by atoms with E-state index in [1.54, 1.807) is 30.6 Å². The Morgan fingerprint density at radius 1 is 0.824 bits per heavy atom. The Balaban J connectivity index is 1.93. The molecule has 2 aromatic carbocycles. The van der Waals surface area contributed by atoms with Crippen molar-refractivity contribution in [2.75, 3.05) is 14.2 Å². The quantitative estimate of drug-likeness (QED) is 0.251. The number of carbonyl (C=O) groups excluding carboxylic acids is 2. The van der Waals surface area contributed by atoms with Crippen LogP contribution in [0.15, 0.2) is 42.7 Å². The summed E-state index contributed by atoms with van der Waals surface area (Å²) < 4.78 is 24.1. The minimum atomic E-state index is -0.702. The van der Waals surface area contributed by atoms with Gasteiger partial charge in [0.25, 0.3) is 0 Å². The van der Waals surface area contributed by atoms with Gasteiger partial charge in [-0.05, 0) is 30.3 Å². The van der Waals surface area contributed by atoms with Gasteiger partial charge in [0.2, 0.25) is 0 Å². The van der Waals surface area contributed by atoms with Gasteiger partial charge in [-0.15, -0.1) is 0 Å². The van der Waals surface area contributed by atoms with Crippen LogP contribution in [0, 0.1) is 5.82 Å². The average Bonchev–Trinajstić information content (AvgIpc) is 3.52. The molecule has 5 aromatic rings. The summed E-state index contributed by atoms with van der Waals surface area (Å²) in [5, 5.41) is 1.68. The predicted octanol–water partition coefficient (Wildman–Crippen LogP) is 6.33. The third-order valence-electron chi connectivity index (χ3n) is 5.68. The molecule has 0 aliphatic heterocycles. The van der Waals surface area contributed by atoms with Crippen molar-refractivity contribution >= 4 is 56.9 Å². The van der Waals surface area contributed by atoms with Gasteiger partial charge >= 0.3 is 11.9 Å². The van der Waals surface area contributed by atoms with Crippen LogP contribution in [0.3, 0.4) is 0 Å². The van der Waals surface area contributed by atoms with Gasteiger partial charge in [-0.2, -0.15) is 0 Å². The number of rotatable bonds is 4. The van der Waals surface area contributed by atoms with Crippen molar-refractivity contribution in [3.8, 4) is 22.3 Å². The molecule has 0 saturated heterocycles. The van der Waals surface area contributed by atoms with Crippen molar-refractivity contribution < 1.29 is 23.5 Å². The van der Waals surface area contributed by atoms with Crippen molar-refractivity contribution in [3.05, 3.63) is 70.0 Å². The molecule has 0 amide bonds. The zero-order valence-electron chi connectivity index (χ0n) is 17.8. The van der Waals surface area contributed by atoms with Gasteiger partial charge in [0.15, 0.2) is 0 Å². The van der Waals surface area contributed by atoms with Crippen molar-refractivity contribution in [1.82, 2.24) is 15.0 Å². The summed E-state index contributed by atoms with van der Waals surface area (Å²) in [6.07, 6.45) is 3.32. The lowest BCUT2D eigenvalue weighted by Crippen LogP contribution is -2.06. The first kappa shape index (κ1) is 22.1. The molecule has 3 N–H and O–H groups in total. The SMILES string of the molecule is COC(=O)c1[nH]c(C(=O)OC)c(-c2c[nH]c3cc(F)c(Cl)cc23)c1-c1c[nH]c2ccc(Cl)cc12. The second-order valence-electron chi connectivity index (χ2n) is 7.51. The summed E-state index contributed by atoms with van der Waals surface area (Å²) in [7, 11) is 2.47. The zero-order chi connectivity index (χ0) is 24.1. The van der Waals surface area contributed by atoms with Crippen molar-refractivity contribution in [1.29, 1.82) is 0 Å². The molecular formula is C24H16Cl2FN3O4. The number of ether oxygens (including phenoxy) is 2. The standard InChI is InChI=1S/C24H16Cl2FN3O4/c1-33-23(31)21-19(13-8-28-17-4-3-10(25)5-11(13)17)20(22(30-21)24(32)34-2)14-9-29-18-7-16(27)15(26)6-12(14)18/h3-9,28-30H,1-2H3. The Morgan fingerprint density at radius 2 is 1.38 bits per heavy atom. The third kappa shape index (κ3) is 3.34. The van der Waals surface area contributed by atoms with Crippen LogP contribution in [0.5, 0.6) is 0 Å². The Labute approximate surface area is 201 Å². The van der Waals surface area contributed by atoms with E-state index in [-0.39, 0.29) is 16.4 Å². The maximum Gasteiger partial charge on any atom is 0.355 e. The van der Waals surface area contributed by atoms with Gasteiger partial charge in [0, 0.05) is 61.5 Å². The van der Waals surface area contributed by atoms with Crippen LogP contribution in [-0.2, 0) is 9.47 Å². The Hall–Kier alpha value is -3.75. The minimum absolute atomic E-state index is 0.0237. The molecular weight excluding hydrogens is 484 g/mol. The summed E-state index contributed by atoms with van der Waals surface area (Å²) in [4.78, 5) is 34.7. The van der Waals surface area contributed by atoms with Crippen molar-refractivity contribution in [3.63, 3.8) is 0 Å². The Kier molecular flexibility index (Phi) is 5.34. The molecule has 3 aromatic heterocycles. The second kappa shape index (κ2) is 8.23. The fraction of sp³-hybridized carbons (Fsp3) is 0.0833. The van der Waals surface area contributed by atoms with E-state index in [0.717, 1.165) is 10.9 Å². The molecule has 34 heavy (non-hydrogen) atoms. The molecule has 5 rings (SSSR count). The number of nitrogens with one attached hydrogen (secondary N) is 3. The number of carbonyl (C=O) groups is 2. The van der Waals surface area contributed by atoms with Gasteiger partial charge in [-0.1, -0.05) is 23.2 Å². The molecule has 0 atom stereocenters. The van der Waals surface area contributed by atoms with Crippen LogP contribution in [0.2, 0.25) is 10.0 Å². The number of benzene rings is 2. The number of esters is 2. The summed E-state index contributed by atoms with van der Waals surface area (Å²) in [5.41, 5.74) is 3.16. The first-order valence-corrected chi connectivity index (χ1v) is 10.8. The molecule has 0 fully saturated rings. The van der Waals surface area contributed by atoms with E-state index in [2.05, 4.69) is 15.0 Å². The largest absolute Gasteiger partial charge is 0.464 e. The van der Waals surface area contributed by atoms with Crippen LogP contribution in [0.1, 0.15) is 21.0 Å². The van der Waals surface area contributed by atoms with E-state index in [0.29, 0.717) is 38.2 Å². The third-order valence-corrected chi connectivity index (χ3v) is 6.21. The molecule has 0 aliphatic rings. The number of hydrogen-bond acceptors (Lipinski definition) is 4. The highest BCUT2D eigenvalue weighted by molar-refractivity contribution is 6.32. The topological polar surface area (TPSA) is 100.0 Å². The highest BCUT2D eigenvalue weighted by atomic mass is 35.5. The van der Waals surface area contributed by atoms with Gasteiger partial charge in [-0.25, -0.2) is 14.0 Å². The van der Waals surface area contributed by atoms with Crippen molar-refractivity contribution in [2.24, 2.45) is 0 Å². The molecule has 0 unspecified atom stereocenters. The van der Waals surface area contributed by atoms with Gasteiger partial charge in [0.1, 0.15) is 17.2 Å². The molecule has 0 bridgehead atoms. The highest BCUT2D eigenvalue weighted by Gasteiger charge is 2.31. The summed E-state index contributed by atoms with van der Waals surface area (Å²) in [5.74, 6) is -1.98. The number of H-pyrrole nitrogens is 3. The second-order valence-corrected chi connectivity index (χ2v) is 8.36. The number of methoxy groups -OCH3 is 2. The van der Waals surface area contributed by atoms with Crippen LogP contribution >= 0.6 is 23.2 Å². The lowest BCUT2D eigenvalue weighted by atomic mass is 9.94. The van der Waals surface area contributed by atoms with Crippen molar-refractivity contribution in [2.45, 2.75) is 0 Å². The highest BCUT2D eigenvalue weighted by Crippen LogP contribution is 2.44. The van der Waals surface area contributed by atoms with E-state index in [1.807, 2.05) is 0 Å². The molecule has 0 radical (unpaired) electrons. The monoisotopic (exact) mass is 499 g/mol. The number of aromatic amines is 3. The maximum absolute atomic E-state index is 14.1. The Bertz CT molecular complexity index is 1620. The fourth-order valence-electron chi connectivity index (χ4n) is 4.17. The van der Waals surface area contributed by atoms with Crippen LogP contribution in [0.25, 0.3) is 44.1 Å². The van der Waals surface area contributed by atoms with E-state index in [1.165, 1.54) is 26.4 Å². The van der Waals surface area contributed by atoms with E-state index in [9.17, 15) is 14.0 Å². The average molecular weight is 500 g/mol. The lowest BCUT2D eigenvalue weighted by molar-refractivity contribution is 0.0591. The fourth-order valence-corrected chi connectivity index (χ4v) is 4.51. The van der Waals surface area contributed by atoms with Crippen LogP contribution < -0.4 is 0 Å². The lowest BCUT2D eigenvalue weighted by Gasteiger charge is -2.08. The van der Waals surface area contributed by atoms with E-state index >= 15 is 0 Å². The summed E-state index contributed by atoms with van der Waals surface area (Å²) in [6.45, 7) is 0. The smallest absolute Gasteiger partial charge is 0.355 e. The number of hydrogen-bond donors (Lipinski definition) is 3. The first-order chi connectivity index (χ1) is 16.3. The molecule has 10 heteroatoms. The minimum Gasteiger partial charge on any atom is -0.464 e. The number of halogens is 3. The maximum atomic E-state index is 14.1. The predicted molar refractivity (Wildman–Crippen MR) is 128 cm³/mol. The first-order valence-electron chi connectivity index (χ1n) is 10.00. The molecule has 3 heterocycles. The molecule has 0 saturated carbocycles.